The first-order valence-corrected chi connectivity index (χ1v) is 6.07. The van der Waals surface area contributed by atoms with Crippen LogP contribution < -0.4 is 5.73 Å². The van der Waals surface area contributed by atoms with E-state index in [1.54, 1.807) is 12.3 Å². The Balaban J connectivity index is 1.72. The van der Waals surface area contributed by atoms with Gasteiger partial charge in [-0.05, 0) is 32.8 Å². The molecule has 2 heterocycles. The molecule has 0 amide bonds. The molecule has 0 spiro atoms. The zero-order valence-electron chi connectivity index (χ0n) is 10.8. The lowest BCUT2D eigenvalue weighted by Gasteiger charge is -2.19. The summed E-state index contributed by atoms with van der Waals surface area (Å²) >= 11 is 0. The fourth-order valence-corrected chi connectivity index (χ4v) is 2.02. The number of carbonyl (C=O) groups excluding carboxylic acids is 1. The Hall–Kier alpha value is -1.56. The quantitative estimate of drug-likeness (QED) is 0.809. The summed E-state index contributed by atoms with van der Waals surface area (Å²) < 4.78 is 12.4. The molecule has 1 aromatic rings. The lowest BCUT2D eigenvalue weighted by molar-refractivity contribution is -0.149. The highest BCUT2D eigenvalue weighted by atomic mass is 16.6. The van der Waals surface area contributed by atoms with Gasteiger partial charge >= 0.3 is 5.97 Å². The van der Waals surface area contributed by atoms with Crippen LogP contribution in [0.4, 0.5) is 5.82 Å². The minimum Gasteiger partial charge on any atom is -0.462 e. The zero-order chi connectivity index (χ0) is 13.2. The Bertz CT molecular complexity index is 428. The number of nitrogens with zero attached hydrogens (tertiary/aromatic N) is 2. The maximum absolute atomic E-state index is 11.6. The number of nitrogen functional groups attached to an aromatic ring is 1. The van der Waals surface area contributed by atoms with Gasteiger partial charge < -0.3 is 15.2 Å². The van der Waals surface area contributed by atoms with Crippen molar-refractivity contribution in [2.45, 2.75) is 44.9 Å². The predicted molar refractivity (Wildman–Crippen MR) is 65.8 cm³/mol. The molecule has 1 aliphatic rings. The Labute approximate surface area is 106 Å². The van der Waals surface area contributed by atoms with E-state index in [9.17, 15) is 4.79 Å². The van der Waals surface area contributed by atoms with Gasteiger partial charge in [0.15, 0.2) is 0 Å². The van der Waals surface area contributed by atoms with Gasteiger partial charge in [-0.2, -0.15) is 5.10 Å². The van der Waals surface area contributed by atoms with E-state index >= 15 is 0 Å². The van der Waals surface area contributed by atoms with Crippen LogP contribution >= 0.6 is 0 Å². The molecule has 6 heteroatoms. The van der Waals surface area contributed by atoms with E-state index in [1.807, 2.05) is 13.8 Å². The molecule has 6 nitrogen and oxygen atoms in total. The van der Waals surface area contributed by atoms with E-state index in [0.29, 0.717) is 12.4 Å². The highest BCUT2D eigenvalue weighted by Crippen LogP contribution is 2.29. The molecule has 0 radical (unpaired) electrons. The number of hydrogen-bond donors (Lipinski definition) is 1. The predicted octanol–water partition coefficient (Wildman–Crippen LogP) is 0.966. The number of nitrogens with two attached hydrogens (primary N) is 1. The van der Waals surface area contributed by atoms with Crippen LogP contribution in [0.15, 0.2) is 12.3 Å². The molecule has 0 aliphatic carbocycles. The highest BCUT2D eigenvalue weighted by molar-refractivity contribution is 5.69. The van der Waals surface area contributed by atoms with E-state index < -0.39 is 0 Å². The number of aromatic nitrogens is 2. The SMILES string of the molecule is CC1(C)CCC(COC(=O)Cn2ccc(N)n2)O1. The van der Waals surface area contributed by atoms with Gasteiger partial charge in [-0.15, -0.1) is 0 Å². The molecule has 1 unspecified atom stereocenters. The maximum atomic E-state index is 11.6. The normalized spacial score (nSPS) is 22.0. The van der Waals surface area contributed by atoms with Crippen LogP contribution in [0.2, 0.25) is 0 Å². The van der Waals surface area contributed by atoms with Crippen LogP contribution in [-0.2, 0) is 20.8 Å². The van der Waals surface area contributed by atoms with E-state index in [0.717, 1.165) is 12.8 Å². The van der Waals surface area contributed by atoms with Crippen LogP contribution in [0.1, 0.15) is 26.7 Å². The third-order valence-corrected chi connectivity index (χ3v) is 2.94. The molecule has 0 bridgehead atoms. The minimum atomic E-state index is -0.327. The Kier molecular flexibility index (Phi) is 3.56. The van der Waals surface area contributed by atoms with E-state index in [2.05, 4.69) is 5.10 Å². The summed E-state index contributed by atoms with van der Waals surface area (Å²) in [5.74, 6) is 0.0649. The summed E-state index contributed by atoms with van der Waals surface area (Å²) in [6.45, 7) is 4.47. The molecule has 0 saturated carbocycles. The zero-order valence-corrected chi connectivity index (χ0v) is 10.8. The van der Waals surface area contributed by atoms with E-state index in [4.69, 9.17) is 15.2 Å². The number of ether oxygens (including phenoxy) is 2. The van der Waals surface area contributed by atoms with E-state index in [1.165, 1.54) is 4.68 Å². The fraction of sp³-hybridized carbons (Fsp3) is 0.667. The molecule has 1 aromatic heterocycles. The Morgan fingerprint density at radius 2 is 2.50 bits per heavy atom. The van der Waals surface area contributed by atoms with Gasteiger partial charge in [0.2, 0.25) is 0 Å². The first kappa shape index (κ1) is 12.9. The smallest absolute Gasteiger partial charge is 0.327 e. The maximum Gasteiger partial charge on any atom is 0.327 e. The molecular weight excluding hydrogens is 234 g/mol. The molecule has 100 valence electrons. The van der Waals surface area contributed by atoms with Crippen molar-refractivity contribution in [1.29, 1.82) is 0 Å². The Morgan fingerprint density at radius 3 is 3.06 bits per heavy atom. The van der Waals surface area contributed by atoms with Crippen molar-refractivity contribution < 1.29 is 14.3 Å². The summed E-state index contributed by atoms with van der Waals surface area (Å²) in [5, 5.41) is 3.92. The first-order chi connectivity index (χ1) is 8.44. The first-order valence-electron chi connectivity index (χ1n) is 6.07. The highest BCUT2D eigenvalue weighted by Gasteiger charge is 2.32. The van der Waals surface area contributed by atoms with Gasteiger partial charge in [0.05, 0.1) is 11.7 Å². The number of carbonyl (C=O) groups is 1. The number of anilines is 1. The minimum absolute atomic E-state index is 0.00615. The summed E-state index contributed by atoms with van der Waals surface area (Å²) in [7, 11) is 0. The molecule has 1 atom stereocenters. The molecule has 18 heavy (non-hydrogen) atoms. The third kappa shape index (κ3) is 3.46. The van der Waals surface area contributed by atoms with Crippen molar-refractivity contribution in [2.75, 3.05) is 12.3 Å². The molecule has 2 N–H and O–H groups in total. The summed E-state index contributed by atoms with van der Waals surface area (Å²) in [4.78, 5) is 11.6. The van der Waals surface area contributed by atoms with Crippen molar-refractivity contribution in [3.05, 3.63) is 12.3 Å². The summed E-state index contributed by atoms with van der Waals surface area (Å²) in [6.07, 6.45) is 3.57. The van der Waals surface area contributed by atoms with Crippen LogP contribution in [0.5, 0.6) is 0 Å². The molecule has 1 saturated heterocycles. The van der Waals surface area contributed by atoms with Gasteiger partial charge in [0, 0.05) is 6.20 Å². The van der Waals surface area contributed by atoms with Crippen molar-refractivity contribution in [1.82, 2.24) is 9.78 Å². The molecule has 0 aromatic carbocycles. The largest absolute Gasteiger partial charge is 0.462 e. The number of hydrogen-bond acceptors (Lipinski definition) is 5. The standard InChI is InChI=1S/C12H19N3O3/c1-12(2)5-3-9(18-12)8-17-11(16)7-15-6-4-10(13)14-15/h4,6,9H,3,5,7-8H2,1-2H3,(H2,13,14). The van der Waals surface area contributed by atoms with Gasteiger partial charge in [-0.3, -0.25) is 9.48 Å². The van der Waals surface area contributed by atoms with E-state index in [-0.39, 0.29) is 24.2 Å². The molecule has 1 aliphatic heterocycles. The summed E-state index contributed by atoms with van der Waals surface area (Å²) in [5.41, 5.74) is 5.35. The lowest BCUT2D eigenvalue weighted by Crippen LogP contribution is -2.25. The monoisotopic (exact) mass is 253 g/mol. The van der Waals surface area contributed by atoms with Crippen LogP contribution in [0.25, 0.3) is 0 Å². The van der Waals surface area contributed by atoms with Crippen LogP contribution in [0, 0.1) is 0 Å². The number of esters is 1. The second-order valence-corrected chi connectivity index (χ2v) is 5.16. The van der Waals surface area contributed by atoms with Gasteiger partial charge in [-0.1, -0.05) is 0 Å². The second kappa shape index (κ2) is 4.97. The lowest BCUT2D eigenvalue weighted by atomic mass is 10.1. The molecular formula is C12H19N3O3. The summed E-state index contributed by atoms with van der Waals surface area (Å²) in [6, 6.07) is 1.63. The van der Waals surface area contributed by atoms with Crippen molar-refractivity contribution in [3.63, 3.8) is 0 Å². The Morgan fingerprint density at radius 1 is 1.72 bits per heavy atom. The van der Waals surface area contributed by atoms with Gasteiger partial charge in [-0.25, -0.2) is 0 Å². The topological polar surface area (TPSA) is 79.4 Å². The molecule has 2 rings (SSSR count). The fourth-order valence-electron chi connectivity index (χ4n) is 2.02. The molecule has 1 fully saturated rings. The average Bonchev–Trinajstić information content (AvgIpc) is 2.82. The third-order valence-electron chi connectivity index (χ3n) is 2.94. The number of rotatable bonds is 4. The van der Waals surface area contributed by atoms with Crippen molar-refractivity contribution in [3.8, 4) is 0 Å². The van der Waals surface area contributed by atoms with Gasteiger partial charge in [0.1, 0.15) is 19.0 Å². The van der Waals surface area contributed by atoms with Crippen molar-refractivity contribution >= 4 is 11.8 Å². The van der Waals surface area contributed by atoms with Gasteiger partial charge in [0.25, 0.3) is 0 Å². The average molecular weight is 253 g/mol. The van der Waals surface area contributed by atoms with Crippen molar-refractivity contribution in [2.24, 2.45) is 0 Å². The second-order valence-electron chi connectivity index (χ2n) is 5.16. The van der Waals surface area contributed by atoms with Crippen LogP contribution in [0.3, 0.4) is 0 Å². The van der Waals surface area contributed by atoms with Crippen LogP contribution in [-0.4, -0.2) is 34.1 Å².